The summed E-state index contributed by atoms with van der Waals surface area (Å²) in [6.45, 7) is 2.40. The first-order valence-electron chi connectivity index (χ1n) is 7.11. The van der Waals surface area contributed by atoms with Gasteiger partial charge < -0.3 is 24.4 Å². The van der Waals surface area contributed by atoms with E-state index in [0.717, 1.165) is 5.56 Å². The van der Waals surface area contributed by atoms with E-state index < -0.39 is 18.5 Å². The second kappa shape index (κ2) is 9.87. The molecule has 120 valence electrons. The van der Waals surface area contributed by atoms with E-state index in [1.807, 2.05) is 30.3 Å². The fourth-order valence-electron chi connectivity index (χ4n) is 1.98. The maximum absolute atomic E-state index is 10.1. The number of rotatable bonds is 10. The fourth-order valence-corrected chi connectivity index (χ4v) is 1.98. The number of aliphatic hydroxyl groups excluding tert-OH is 2. The molecule has 3 atom stereocenters. The zero-order valence-corrected chi connectivity index (χ0v) is 12.9. The van der Waals surface area contributed by atoms with Gasteiger partial charge in [0, 0.05) is 26.6 Å². The third-order valence-corrected chi connectivity index (χ3v) is 3.57. The highest BCUT2D eigenvalue weighted by molar-refractivity contribution is 5.13. The summed E-state index contributed by atoms with van der Waals surface area (Å²) < 4.78 is 15.6. The van der Waals surface area contributed by atoms with Gasteiger partial charge in [0.2, 0.25) is 0 Å². The third kappa shape index (κ3) is 6.54. The lowest BCUT2D eigenvalue weighted by molar-refractivity contribution is -0.135. The van der Waals surface area contributed by atoms with E-state index in [2.05, 4.69) is 0 Å². The first-order chi connectivity index (χ1) is 10.1. The molecule has 21 heavy (non-hydrogen) atoms. The summed E-state index contributed by atoms with van der Waals surface area (Å²) in [6, 6.07) is 9.76. The highest BCUT2D eigenvalue weighted by Gasteiger charge is 2.25. The van der Waals surface area contributed by atoms with Gasteiger partial charge in [0.1, 0.15) is 0 Å². The van der Waals surface area contributed by atoms with E-state index in [-0.39, 0.29) is 12.5 Å². The molecule has 0 unspecified atom stereocenters. The minimum absolute atomic E-state index is 0.178. The van der Waals surface area contributed by atoms with Gasteiger partial charge in [-0.1, -0.05) is 37.3 Å². The van der Waals surface area contributed by atoms with Crippen molar-refractivity contribution >= 4 is 0 Å². The van der Waals surface area contributed by atoms with Crippen LogP contribution in [0.4, 0.5) is 0 Å². The Hall–Kier alpha value is -0.980. The van der Waals surface area contributed by atoms with E-state index in [0.29, 0.717) is 13.0 Å². The van der Waals surface area contributed by atoms with Crippen LogP contribution in [0.15, 0.2) is 30.3 Å². The summed E-state index contributed by atoms with van der Waals surface area (Å²) in [5, 5.41) is 20.1. The predicted molar refractivity (Wildman–Crippen MR) is 79.7 cm³/mol. The normalized spacial score (nSPS) is 15.9. The van der Waals surface area contributed by atoms with Crippen molar-refractivity contribution in [2.75, 3.05) is 20.8 Å². The van der Waals surface area contributed by atoms with Gasteiger partial charge in [0.05, 0.1) is 25.4 Å². The predicted octanol–water partition coefficient (Wildman–Crippen LogP) is 1.57. The monoisotopic (exact) mass is 298 g/mol. The number of benzene rings is 1. The quantitative estimate of drug-likeness (QED) is 0.642. The average molecular weight is 298 g/mol. The molecule has 0 spiro atoms. The molecule has 2 N–H and O–H groups in total. The van der Waals surface area contributed by atoms with Crippen LogP contribution in [-0.4, -0.2) is 49.5 Å². The van der Waals surface area contributed by atoms with Gasteiger partial charge in [-0.25, -0.2) is 0 Å². The van der Waals surface area contributed by atoms with Crippen LogP contribution >= 0.6 is 0 Å². The Morgan fingerprint density at radius 2 is 1.62 bits per heavy atom. The van der Waals surface area contributed by atoms with Crippen LogP contribution in [0, 0.1) is 5.92 Å². The molecule has 5 nitrogen and oxygen atoms in total. The Labute approximate surface area is 126 Å². The molecule has 0 saturated heterocycles. The van der Waals surface area contributed by atoms with E-state index in [1.165, 1.54) is 14.2 Å². The SMILES string of the molecule is COC(C[C@H](O)[C@@H](C)[C@@H](O)COCc1ccccc1)OC. The minimum Gasteiger partial charge on any atom is -0.393 e. The lowest BCUT2D eigenvalue weighted by atomic mass is 9.96. The molecule has 0 heterocycles. The number of aliphatic hydroxyl groups is 2. The van der Waals surface area contributed by atoms with Gasteiger partial charge in [-0.15, -0.1) is 0 Å². The van der Waals surface area contributed by atoms with Gasteiger partial charge in [0.15, 0.2) is 6.29 Å². The number of hydrogen-bond acceptors (Lipinski definition) is 5. The maximum atomic E-state index is 10.1. The summed E-state index contributed by atoms with van der Waals surface area (Å²) >= 11 is 0. The van der Waals surface area contributed by atoms with Crippen LogP contribution in [0.1, 0.15) is 18.9 Å². The molecule has 0 bridgehead atoms. The summed E-state index contributed by atoms with van der Waals surface area (Å²) in [6.07, 6.45) is -1.62. The minimum atomic E-state index is -0.738. The molecule has 5 heteroatoms. The van der Waals surface area contributed by atoms with Crippen LogP contribution in [-0.2, 0) is 20.8 Å². The summed E-state index contributed by atoms with van der Waals surface area (Å²) in [5.41, 5.74) is 1.05. The molecule has 0 amide bonds. The van der Waals surface area contributed by atoms with Gasteiger partial charge in [-0.05, 0) is 5.56 Å². The summed E-state index contributed by atoms with van der Waals surface area (Å²) in [5.74, 6) is -0.325. The highest BCUT2D eigenvalue weighted by Crippen LogP contribution is 2.16. The Kier molecular flexibility index (Phi) is 8.49. The van der Waals surface area contributed by atoms with Crippen molar-refractivity contribution in [3.63, 3.8) is 0 Å². The van der Waals surface area contributed by atoms with Gasteiger partial charge in [0.25, 0.3) is 0 Å². The van der Waals surface area contributed by atoms with Crippen molar-refractivity contribution in [3.8, 4) is 0 Å². The van der Waals surface area contributed by atoms with Crippen molar-refractivity contribution < 1.29 is 24.4 Å². The molecule has 0 fully saturated rings. The Balaban J connectivity index is 2.31. The first-order valence-corrected chi connectivity index (χ1v) is 7.11. The molecular formula is C16H26O5. The van der Waals surface area contributed by atoms with E-state index in [9.17, 15) is 10.2 Å². The van der Waals surface area contributed by atoms with Crippen LogP contribution in [0.5, 0.6) is 0 Å². The Morgan fingerprint density at radius 3 is 2.19 bits per heavy atom. The molecule has 0 saturated carbocycles. The third-order valence-electron chi connectivity index (χ3n) is 3.57. The van der Waals surface area contributed by atoms with Crippen LogP contribution in [0.25, 0.3) is 0 Å². The zero-order chi connectivity index (χ0) is 15.7. The van der Waals surface area contributed by atoms with E-state index >= 15 is 0 Å². The molecule has 1 rings (SSSR count). The molecule has 0 radical (unpaired) electrons. The average Bonchev–Trinajstić information content (AvgIpc) is 2.52. The molecule has 0 aliphatic carbocycles. The summed E-state index contributed by atoms with van der Waals surface area (Å²) in [4.78, 5) is 0. The van der Waals surface area contributed by atoms with Crippen molar-refractivity contribution in [1.29, 1.82) is 0 Å². The van der Waals surface area contributed by atoms with Crippen molar-refractivity contribution in [2.45, 2.75) is 38.4 Å². The number of ether oxygens (including phenoxy) is 3. The van der Waals surface area contributed by atoms with Crippen LogP contribution in [0.2, 0.25) is 0 Å². The Bertz CT molecular complexity index is 366. The van der Waals surface area contributed by atoms with Crippen LogP contribution < -0.4 is 0 Å². The summed E-state index contributed by atoms with van der Waals surface area (Å²) in [7, 11) is 3.04. The second-order valence-electron chi connectivity index (χ2n) is 5.13. The molecular weight excluding hydrogens is 272 g/mol. The largest absolute Gasteiger partial charge is 0.393 e. The van der Waals surface area contributed by atoms with Crippen molar-refractivity contribution in [1.82, 2.24) is 0 Å². The van der Waals surface area contributed by atoms with Gasteiger partial charge >= 0.3 is 0 Å². The van der Waals surface area contributed by atoms with Gasteiger partial charge in [-0.2, -0.15) is 0 Å². The maximum Gasteiger partial charge on any atom is 0.159 e. The highest BCUT2D eigenvalue weighted by atomic mass is 16.7. The van der Waals surface area contributed by atoms with Crippen molar-refractivity contribution in [2.24, 2.45) is 5.92 Å². The Morgan fingerprint density at radius 1 is 1.00 bits per heavy atom. The lowest BCUT2D eigenvalue weighted by Crippen LogP contribution is -2.35. The topological polar surface area (TPSA) is 68.2 Å². The second-order valence-corrected chi connectivity index (χ2v) is 5.13. The molecule has 1 aromatic rings. The molecule has 0 aliphatic rings. The van der Waals surface area contributed by atoms with Crippen molar-refractivity contribution in [3.05, 3.63) is 35.9 Å². The standard InChI is InChI=1S/C16H26O5/c1-12(14(17)9-16(19-2)20-3)15(18)11-21-10-13-7-5-4-6-8-13/h4-8,12,14-18H,9-11H2,1-3H3/t12-,14+,15+/m1/s1. The molecule has 1 aromatic carbocycles. The lowest BCUT2D eigenvalue weighted by Gasteiger charge is -2.26. The number of methoxy groups -OCH3 is 2. The first kappa shape index (κ1) is 18.1. The zero-order valence-electron chi connectivity index (χ0n) is 12.9. The van der Waals surface area contributed by atoms with E-state index in [4.69, 9.17) is 14.2 Å². The fraction of sp³-hybridized carbons (Fsp3) is 0.625. The number of hydrogen-bond donors (Lipinski definition) is 2. The molecule has 0 aliphatic heterocycles. The van der Waals surface area contributed by atoms with E-state index in [1.54, 1.807) is 6.92 Å². The molecule has 0 aromatic heterocycles. The smallest absolute Gasteiger partial charge is 0.159 e. The van der Waals surface area contributed by atoms with Crippen LogP contribution in [0.3, 0.4) is 0 Å². The van der Waals surface area contributed by atoms with Gasteiger partial charge in [-0.3, -0.25) is 0 Å².